The molecule has 0 amide bonds. The summed E-state index contributed by atoms with van der Waals surface area (Å²) in [6.07, 6.45) is 3.76. The van der Waals surface area contributed by atoms with Crippen molar-refractivity contribution in [2.45, 2.75) is 0 Å². The molecule has 0 saturated heterocycles. The molecule has 0 unspecified atom stereocenters. The average molecular weight is 468 g/mol. The monoisotopic (exact) mass is 467 g/mol. The number of benzene rings is 2. The zero-order valence-corrected chi connectivity index (χ0v) is 18.9. The van der Waals surface area contributed by atoms with E-state index in [1.54, 1.807) is 17.6 Å². The molecule has 160 valence electrons. The van der Waals surface area contributed by atoms with Gasteiger partial charge in [0, 0.05) is 22.5 Å². The van der Waals surface area contributed by atoms with Crippen molar-refractivity contribution in [2.75, 3.05) is 5.43 Å². The van der Waals surface area contributed by atoms with Gasteiger partial charge in [-0.1, -0.05) is 42.5 Å². The number of fused-ring (bicyclic) bond motifs is 1. The lowest BCUT2D eigenvalue weighted by Gasteiger charge is -1.98. The molecular formula is C25H17N5OS2. The van der Waals surface area contributed by atoms with Crippen molar-refractivity contribution >= 4 is 45.0 Å². The predicted octanol–water partition coefficient (Wildman–Crippen LogP) is 6.92. The summed E-state index contributed by atoms with van der Waals surface area (Å²) in [6.45, 7) is 0. The van der Waals surface area contributed by atoms with Gasteiger partial charge in [-0.15, -0.1) is 22.7 Å². The lowest BCUT2D eigenvalue weighted by molar-refractivity contribution is 0.629. The normalized spacial score (nSPS) is 11.5. The van der Waals surface area contributed by atoms with Gasteiger partial charge >= 0.3 is 0 Å². The van der Waals surface area contributed by atoms with Crippen LogP contribution in [0.1, 0.15) is 5.56 Å². The van der Waals surface area contributed by atoms with E-state index in [1.165, 1.54) is 11.3 Å². The van der Waals surface area contributed by atoms with Crippen molar-refractivity contribution in [2.24, 2.45) is 5.10 Å². The number of thiophene rings is 1. The van der Waals surface area contributed by atoms with E-state index in [2.05, 4.69) is 21.6 Å². The summed E-state index contributed by atoms with van der Waals surface area (Å²) >= 11 is 3.13. The third kappa shape index (κ3) is 3.97. The zero-order chi connectivity index (χ0) is 22.0. The van der Waals surface area contributed by atoms with Gasteiger partial charge in [0.15, 0.2) is 5.76 Å². The molecule has 0 fully saturated rings. The third-order valence-electron chi connectivity index (χ3n) is 5.06. The van der Waals surface area contributed by atoms with Crippen molar-refractivity contribution in [3.05, 3.63) is 95.3 Å². The maximum atomic E-state index is 5.91. The number of furan rings is 1. The van der Waals surface area contributed by atoms with Crippen molar-refractivity contribution in [1.29, 1.82) is 0 Å². The van der Waals surface area contributed by atoms with Gasteiger partial charge in [-0.2, -0.15) is 10.2 Å². The van der Waals surface area contributed by atoms with Gasteiger partial charge in [0.05, 0.1) is 16.8 Å². The molecule has 0 bridgehead atoms. The number of aromatic nitrogens is 3. The van der Waals surface area contributed by atoms with Crippen LogP contribution in [0.2, 0.25) is 0 Å². The number of thiazole rings is 1. The van der Waals surface area contributed by atoms with E-state index in [1.807, 2.05) is 88.4 Å². The molecule has 0 aliphatic heterocycles. The molecule has 0 aliphatic carbocycles. The largest absolute Gasteiger partial charge is 0.454 e. The Morgan fingerprint density at radius 2 is 1.85 bits per heavy atom. The molecule has 4 aromatic heterocycles. The summed E-state index contributed by atoms with van der Waals surface area (Å²) in [5.74, 6) is 0.744. The highest BCUT2D eigenvalue weighted by molar-refractivity contribution is 7.14. The fraction of sp³-hybridized carbons (Fsp3) is 0. The molecule has 0 radical (unpaired) electrons. The minimum Gasteiger partial charge on any atom is -0.454 e. The Bertz CT molecular complexity index is 1510. The van der Waals surface area contributed by atoms with Gasteiger partial charge in [-0.3, -0.25) is 5.43 Å². The van der Waals surface area contributed by atoms with E-state index in [9.17, 15) is 0 Å². The number of hydrogen-bond donors (Lipinski definition) is 1. The molecule has 33 heavy (non-hydrogen) atoms. The van der Waals surface area contributed by atoms with E-state index < -0.39 is 0 Å². The summed E-state index contributed by atoms with van der Waals surface area (Å²) in [4.78, 5) is 5.70. The van der Waals surface area contributed by atoms with Crippen LogP contribution in [0.15, 0.2) is 99.3 Å². The van der Waals surface area contributed by atoms with Gasteiger partial charge < -0.3 is 4.42 Å². The highest BCUT2D eigenvalue weighted by Crippen LogP contribution is 2.30. The second-order valence-electron chi connectivity index (χ2n) is 7.25. The molecule has 8 heteroatoms. The van der Waals surface area contributed by atoms with Crippen LogP contribution in [0.25, 0.3) is 38.7 Å². The van der Waals surface area contributed by atoms with Crippen molar-refractivity contribution in [3.63, 3.8) is 0 Å². The van der Waals surface area contributed by atoms with Crippen LogP contribution >= 0.6 is 22.7 Å². The fourth-order valence-corrected chi connectivity index (χ4v) is 4.88. The maximum Gasteiger partial charge on any atom is 0.203 e. The first-order chi connectivity index (χ1) is 16.3. The first-order valence-electron chi connectivity index (χ1n) is 10.3. The number of hydrogen-bond acceptors (Lipinski definition) is 7. The van der Waals surface area contributed by atoms with E-state index >= 15 is 0 Å². The Balaban J connectivity index is 1.25. The molecule has 2 aromatic carbocycles. The molecule has 1 N–H and O–H groups in total. The van der Waals surface area contributed by atoms with E-state index in [-0.39, 0.29) is 0 Å². The molecule has 0 saturated carbocycles. The van der Waals surface area contributed by atoms with Crippen LogP contribution in [0.4, 0.5) is 5.13 Å². The Morgan fingerprint density at radius 3 is 2.70 bits per heavy atom. The van der Waals surface area contributed by atoms with E-state index in [0.717, 1.165) is 44.2 Å². The Hall–Kier alpha value is -4.01. The van der Waals surface area contributed by atoms with Crippen LogP contribution in [-0.2, 0) is 0 Å². The minimum absolute atomic E-state index is 0.690. The minimum atomic E-state index is 0.690. The van der Waals surface area contributed by atoms with Crippen LogP contribution in [-0.4, -0.2) is 21.0 Å². The highest BCUT2D eigenvalue weighted by Gasteiger charge is 2.13. The van der Waals surface area contributed by atoms with E-state index in [4.69, 9.17) is 9.52 Å². The molecule has 6 nitrogen and oxygen atoms in total. The van der Waals surface area contributed by atoms with Crippen molar-refractivity contribution < 1.29 is 4.42 Å². The molecule has 0 atom stereocenters. The number of nitrogens with one attached hydrogen (secondary N) is 1. The first-order valence-corrected chi connectivity index (χ1v) is 12.0. The van der Waals surface area contributed by atoms with Gasteiger partial charge in [0.25, 0.3) is 0 Å². The fourth-order valence-electron chi connectivity index (χ4n) is 3.50. The Kier molecular flexibility index (Phi) is 5.06. The third-order valence-corrected chi connectivity index (χ3v) is 6.69. The smallest absolute Gasteiger partial charge is 0.203 e. The summed E-state index contributed by atoms with van der Waals surface area (Å²) in [7, 11) is 0. The van der Waals surface area contributed by atoms with Gasteiger partial charge in [0.2, 0.25) is 5.13 Å². The molecule has 0 spiro atoms. The quantitative estimate of drug-likeness (QED) is 0.213. The average Bonchev–Trinajstić information content (AvgIpc) is 3.65. The number of anilines is 1. The predicted molar refractivity (Wildman–Crippen MR) is 135 cm³/mol. The second kappa shape index (κ2) is 8.50. The highest BCUT2D eigenvalue weighted by atomic mass is 32.1. The summed E-state index contributed by atoms with van der Waals surface area (Å²) < 4.78 is 7.79. The lowest BCUT2D eigenvalue weighted by atomic mass is 10.2. The van der Waals surface area contributed by atoms with Crippen molar-refractivity contribution in [1.82, 2.24) is 14.8 Å². The lowest BCUT2D eigenvalue weighted by Crippen LogP contribution is -1.93. The van der Waals surface area contributed by atoms with Crippen LogP contribution in [0, 0.1) is 0 Å². The van der Waals surface area contributed by atoms with Crippen LogP contribution < -0.4 is 5.43 Å². The number of hydrazone groups is 1. The first kappa shape index (κ1) is 19.7. The molecule has 0 aliphatic rings. The van der Waals surface area contributed by atoms with Gasteiger partial charge in [-0.05, 0) is 35.7 Å². The van der Waals surface area contributed by atoms with Crippen LogP contribution in [0.3, 0.4) is 0 Å². The number of rotatable bonds is 6. The number of nitrogens with zero attached hydrogens (tertiary/aromatic N) is 4. The molecule has 6 aromatic rings. The Labute approximate surface area is 197 Å². The standard InChI is InChI=1S/C25H17N5OS2/c1-2-8-19(9-3-1)30-15-18(24(29-30)23-11-6-12-32-23)14-26-28-25-27-20(16-33-25)22-13-17-7-4-5-10-21(17)31-22/h1-16H,(H,27,28)/b26-14-. The summed E-state index contributed by atoms with van der Waals surface area (Å²) in [5, 5.41) is 15.0. The summed E-state index contributed by atoms with van der Waals surface area (Å²) in [5.41, 5.74) is 7.48. The topological polar surface area (TPSA) is 68.2 Å². The van der Waals surface area contributed by atoms with E-state index in [0.29, 0.717) is 5.13 Å². The van der Waals surface area contributed by atoms with Crippen LogP contribution in [0.5, 0.6) is 0 Å². The maximum absolute atomic E-state index is 5.91. The zero-order valence-electron chi connectivity index (χ0n) is 17.3. The SMILES string of the molecule is C(=N/Nc1nc(-c2cc3ccccc3o2)cs1)/c1cn(-c2ccccc2)nc1-c1cccs1. The molecule has 4 heterocycles. The summed E-state index contributed by atoms with van der Waals surface area (Å²) in [6, 6.07) is 24.1. The van der Waals surface area contributed by atoms with Gasteiger partial charge in [0.1, 0.15) is 17.0 Å². The number of para-hydroxylation sites is 2. The molecular weight excluding hydrogens is 450 g/mol. The van der Waals surface area contributed by atoms with Gasteiger partial charge in [-0.25, -0.2) is 9.67 Å². The second-order valence-corrected chi connectivity index (χ2v) is 9.05. The Morgan fingerprint density at radius 1 is 0.970 bits per heavy atom. The molecule has 6 rings (SSSR count). The van der Waals surface area contributed by atoms with Crippen molar-refractivity contribution in [3.8, 4) is 27.7 Å².